The highest BCUT2D eigenvalue weighted by Crippen LogP contribution is 2.20. The molecule has 1 nitrogen and oxygen atoms in total. The van der Waals surface area contributed by atoms with Crippen molar-refractivity contribution in [1.29, 1.82) is 0 Å². The Bertz CT molecular complexity index is 379. The Morgan fingerprint density at radius 1 is 1.11 bits per heavy atom. The second kappa shape index (κ2) is 8.26. The molecule has 1 aromatic rings. The van der Waals surface area contributed by atoms with Gasteiger partial charge in [0.1, 0.15) is 11.6 Å². The maximum atomic E-state index is 13.7. The van der Waals surface area contributed by atoms with Crippen LogP contribution in [0.15, 0.2) is 18.2 Å². The molecule has 2 unspecified atom stereocenters. The monoisotopic (exact) mass is 269 g/mol. The number of hydrogen-bond donors (Lipinski definition) is 1. The van der Waals surface area contributed by atoms with Crippen molar-refractivity contribution in [2.75, 3.05) is 0 Å². The van der Waals surface area contributed by atoms with Crippen LogP contribution in [0, 0.1) is 11.6 Å². The third-order valence-electron chi connectivity index (χ3n) is 3.45. The van der Waals surface area contributed by atoms with Gasteiger partial charge in [-0.15, -0.1) is 0 Å². The van der Waals surface area contributed by atoms with Crippen LogP contribution in [-0.4, -0.2) is 6.04 Å². The van der Waals surface area contributed by atoms with Gasteiger partial charge < -0.3 is 5.32 Å². The first-order valence-electron chi connectivity index (χ1n) is 7.29. The number of unbranched alkanes of at least 4 members (excludes halogenated alkanes) is 1. The van der Waals surface area contributed by atoms with E-state index in [1.54, 1.807) is 0 Å². The van der Waals surface area contributed by atoms with E-state index in [9.17, 15) is 8.78 Å². The van der Waals surface area contributed by atoms with E-state index in [4.69, 9.17) is 0 Å². The summed E-state index contributed by atoms with van der Waals surface area (Å²) in [6, 6.07) is 3.86. The first-order valence-corrected chi connectivity index (χ1v) is 7.29. The molecule has 0 saturated heterocycles. The predicted octanol–water partition coefficient (Wildman–Crippen LogP) is 4.97. The van der Waals surface area contributed by atoms with Crippen molar-refractivity contribution in [3.63, 3.8) is 0 Å². The lowest BCUT2D eigenvalue weighted by Gasteiger charge is -2.23. The Hall–Kier alpha value is -0.960. The van der Waals surface area contributed by atoms with Gasteiger partial charge in [0.15, 0.2) is 0 Å². The first kappa shape index (κ1) is 16.1. The van der Waals surface area contributed by atoms with Crippen molar-refractivity contribution in [1.82, 2.24) is 5.32 Å². The highest BCUT2D eigenvalue weighted by molar-refractivity contribution is 5.21. The largest absolute Gasteiger partial charge is 0.307 e. The van der Waals surface area contributed by atoms with Crippen LogP contribution in [0.2, 0.25) is 0 Å². The number of halogens is 2. The van der Waals surface area contributed by atoms with Crippen LogP contribution in [0.1, 0.15) is 64.5 Å². The molecule has 0 aromatic heterocycles. The minimum Gasteiger partial charge on any atom is -0.307 e. The number of nitrogens with one attached hydrogen (secondary N) is 1. The second-order valence-electron chi connectivity index (χ2n) is 5.18. The lowest BCUT2D eigenvalue weighted by molar-refractivity contribution is 0.388. The fraction of sp³-hybridized carbons (Fsp3) is 0.625. The van der Waals surface area contributed by atoms with Gasteiger partial charge in [0.05, 0.1) is 0 Å². The molecule has 108 valence electrons. The summed E-state index contributed by atoms with van der Waals surface area (Å²) in [7, 11) is 0. The molecular weight excluding hydrogens is 244 g/mol. The van der Waals surface area contributed by atoms with Crippen molar-refractivity contribution in [2.45, 2.75) is 65.0 Å². The van der Waals surface area contributed by atoms with Crippen LogP contribution in [0.25, 0.3) is 0 Å². The highest BCUT2D eigenvalue weighted by atomic mass is 19.1. The summed E-state index contributed by atoms with van der Waals surface area (Å²) in [5.74, 6) is -0.724. The maximum Gasteiger partial charge on any atom is 0.128 e. The van der Waals surface area contributed by atoms with Crippen molar-refractivity contribution in [3.8, 4) is 0 Å². The first-order chi connectivity index (χ1) is 9.08. The number of benzene rings is 1. The third-order valence-corrected chi connectivity index (χ3v) is 3.45. The molecule has 3 heteroatoms. The molecule has 0 aliphatic heterocycles. The Balaban J connectivity index is 2.69. The molecule has 0 fully saturated rings. The Labute approximate surface area is 115 Å². The summed E-state index contributed by atoms with van der Waals surface area (Å²) < 4.78 is 26.9. The van der Waals surface area contributed by atoms with Crippen molar-refractivity contribution < 1.29 is 8.78 Å². The van der Waals surface area contributed by atoms with Gasteiger partial charge in [-0.25, -0.2) is 8.78 Å². The summed E-state index contributed by atoms with van der Waals surface area (Å²) in [4.78, 5) is 0. The lowest BCUT2D eigenvalue weighted by atomic mass is 10.0. The van der Waals surface area contributed by atoms with Crippen LogP contribution in [0.5, 0.6) is 0 Å². The van der Waals surface area contributed by atoms with Crippen LogP contribution >= 0.6 is 0 Å². The fourth-order valence-corrected chi connectivity index (χ4v) is 2.40. The summed E-state index contributed by atoms with van der Waals surface area (Å²) in [6.45, 7) is 6.21. The maximum absolute atomic E-state index is 13.7. The molecule has 0 aliphatic carbocycles. The van der Waals surface area contributed by atoms with Crippen LogP contribution in [-0.2, 0) is 0 Å². The minimum atomic E-state index is -0.384. The van der Waals surface area contributed by atoms with E-state index in [1.165, 1.54) is 12.1 Å². The zero-order chi connectivity index (χ0) is 14.3. The number of hydrogen-bond acceptors (Lipinski definition) is 1. The van der Waals surface area contributed by atoms with Gasteiger partial charge in [-0.3, -0.25) is 0 Å². The molecule has 0 aliphatic rings. The van der Waals surface area contributed by atoms with Gasteiger partial charge in [-0.05, 0) is 38.0 Å². The molecule has 1 rings (SSSR count). The predicted molar refractivity (Wildman–Crippen MR) is 76.1 cm³/mol. The van der Waals surface area contributed by atoms with E-state index in [1.807, 2.05) is 6.92 Å². The minimum absolute atomic E-state index is 0.163. The van der Waals surface area contributed by atoms with Crippen molar-refractivity contribution in [3.05, 3.63) is 35.4 Å². The van der Waals surface area contributed by atoms with Gasteiger partial charge >= 0.3 is 0 Å². The molecule has 0 amide bonds. The van der Waals surface area contributed by atoms with Gasteiger partial charge in [0, 0.05) is 17.6 Å². The van der Waals surface area contributed by atoms with E-state index in [0.29, 0.717) is 11.6 Å². The third kappa shape index (κ3) is 5.27. The molecule has 0 radical (unpaired) electrons. The van der Waals surface area contributed by atoms with Crippen molar-refractivity contribution >= 4 is 0 Å². The Morgan fingerprint density at radius 3 is 2.47 bits per heavy atom. The zero-order valence-corrected chi connectivity index (χ0v) is 12.2. The summed E-state index contributed by atoms with van der Waals surface area (Å²) in [5, 5.41) is 3.43. The van der Waals surface area contributed by atoms with Crippen LogP contribution < -0.4 is 5.32 Å². The molecule has 2 atom stereocenters. The number of rotatable bonds is 8. The van der Waals surface area contributed by atoms with Crippen molar-refractivity contribution in [2.24, 2.45) is 0 Å². The molecule has 1 aromatic carbocycles. The molecular formula is C16H25F2N. The molecule has 0 spiro atoms. The molecule has 0 bridgehead atoms. The molecule has 1 N–H and O–H groups in total. The summed E-state index contributed by atoms with van der Waals surface area (Å²) in [5.41, 5.74) is 0.414. The van der Waals surface area contributed by atoms with E-state index < -0.39 is 0 Å². The van der Waals surface area contributed by atoms with E-state index >= 15 is 0 Å². The molecule has 0 heterocycles. The fourth-order valence-electron chi connectivity index (χ4n) is 2.40. The van der Waals surface area contributed by atoms with E-state index in [2.05, 4.69) is 19.2 Å². The lowest BCUT2D eigenvalue weighted by Crippen LogP contribution is -2.32. The topological polar surface area (TPSA) is 12.0 Å². The van der Waals surface area contributed by atoms with Gasteiger partial charge in [0.2, 0.25) is 0 Å². The smallest absolute Gasteiger partial charge is 0.128 e. The van der Waals surface area contributed by atoms with Gasteiger partial charge in [0.25, 0.3) is 0 Å². The summed E-state index contributed by atoms with van der Waals surface area (Å²) in [6.07, 6.45) is 5.58. The standard InChI is InChI=1S/C16H25F2N/c1-4-6-8-14(7-5-2)19-12(3)15-11-13(17)9-10-16(15)18/h9-12,14,19H,4-8H2,1-3H3. The van der Waals surface area contributed by atoms with E-state index in [0.717, 1.165) is 38.2 Å². The molecule has 19 heavy (non-hydrogen) atoms. The highest BCUT2D eigenvalue weighted by Gasteiger charge is 2.16. The zero-order valence-electron chi connectivity index (χ0n) is 12.2. The van der Waals surface area contributed by atoms with Crippen LogP contribution in [0.4, 0.5) is 8.78 Å². The second-order valence-corrected chi connectivity index (χ2v) is 5.18. The van der Waals surface area contributed by atoms with Crippen LogP contribution in [0.3, 0.4) is 0 Å². The SMILES string of the molecule is CCCCC(CCC)NC(C)c1cc(F)ccc1F. The summed E-state index contributed by atoms with van der Waals surface area (Å²) >= 11 is 0. The molecule has 0 saturated carbocycles. The van der Waals surface area contributed by atoms with Gasteiger partial charge in [-0.1, -0.05) is 33.1 Å². The van der Waals surface area contributed by atoms with Gasteiger partial charge in [-0.2, -0.15) is 0 Å². The van der Waals surface area contributed by atoms with E-state index in [-0.39, 0.29) is 17.7 Å². The average Bonchev–Trinajstić information content (AvgIpc) is 2.39. The Morgan fingerprint density at radius 2 is 1.84 bits per heavy atom. The Kier molecular flexibility index (Phi) is 7.00. The average molecular weight is 269 g/mol. The normalized spacial score (nSPS) is 14.4. The quantitative estimate of drug-likeness (QED) is 0.702.